The summed E-state index contributed by atoms with van der Waals surface area (Å²) in [6.07, 6.45) is 4.25. The minimum atomic E-state index is -1.23. The maximum Gasteiger partial charge on any atom is 0.238 e. The van der Waals surface area contributed by atoms with Crippen LogP contribution in [0.5, 0.6) is 0 Å². The number of carbonyl (C=O) groups excluding carboxylic acids is 1. The molecule has 2 rings (SSSR count). The fourth-order valence-electron chi connectivity index (χ4n) is 3.09. The van der Waals surface area contributed by atoms with E-state index in [1.165, 1.54) is 6.42 Å². The number of rotatable bonds is 6. The molecule has 1 aliphatic rings. The summed E-state index contributed by atoms with van der Waals surface area (Å²) in [5, 5.41) is 8.58. The van der Waals surface area contributed by atoms with Gasteiger partial charge in [0.15, 0.2) is 0 Å². The van der Waals surface area contributed by atoms with Gasteiger partial charge in [0, 0.05) is 29.1 Å². The smallest absolute Gasteiger partial charge is 0.238 e. The van der Waals surface area contributed by atoms with Gasteiger partial charge in [-0.2, -0.15) is 0 Å². The van der Waals surface area contributed by atoms with Gasteiger partial charge in [0.2, 0.25) is 5.91 Å². The van der Waals surface area contributed by atoms with Gasteiger partial charge in [-0.05, 0) is 43.7 Å². The molecule has 1 aromatic rings. The summed E-state index contributed by atoms with van der Waals surface area (Å²) in [5.41, 5.74) is 1.77. The number of benzene rings is 1. The predicted octanol–water partition coefficient (Wildman–Crippen LogP) is 2.61. The van der Waals surface area contributed by atoms with Crippen molar-refractivity contribution in [1.29, 1.82) is 0 Å². The Labute approximate surface area is 141 Å². The Bertz CT molecular complexity index is 544. The monoisotopic (exact) mass is 337 g/mol. The van der Waals surface area contributed by atoms with Crippen LogP contribution in [0.15, 0.2) is 24.3 Å². The van der Waals surface area contributed by atoms with Crippen LogP contribution in [0.4, 0.5) is 0 Å². The molecule has 0 aliphatic carbocycles. The van der Waals surface area contributed by atoms with E-state index in [0.29, 0.717) is 11.8 Å². The van der Waals surface area contributed by atoms with Gasteiger partial charge in [-0.3, -0.25) is 9.00 Å². The summed E-state index contributed by atoms with van der Waals surface area (Å²) in [5.74, 6) is 0.408. The van der Waals surface area contributed by atoms with Gasteiger partial charge >= 0.3 is 0 Å². The van der Waals surface area contributed by atoms with Gasteiger partial charge in [0.05, 0.1) is 6.61 Å². The summed E-state index contributed by atoms with van der Waals surface area (Å²) < 4.78 is 12.6. The number of hydrogen-bond donors (Lipinski definition) is 1. The Morgan fingerprint density at radius 2 is 1.96 bits per heavy atom. The third kappa shape index (κ3) is 4.64. The molecule has 4 nitrogen and oxygen atoms in total. The van der Waals surface area contributed by atoms with E-state index in [9.17, 15) is 9.00 Å². The highest BCUT2D eigenvalue weighted by molar-refractivity contribution is 7.85. The van der Waals surface area contributed by atoms with Gasteiger partial charge in [-0.1, -0.05) is 31.2 Å². The van der Waals surface area contributed by atoms with Crippen LogP contribution >= 0.6 is 0 Å². The number of amides is 1. The van der Waals surface area contributed by atoms with Gasteiger partial charge in [0.25, 0.3) is 0 Å². The highest BCUT2D eigenvalue weighted by Crippen LogP contribution is 2.22. The van der Waals surface area contributed by atoms with Gasteiger partial charge in [0.1, 0.15) is 5.25 Å². The zero-order valence-electron chi connectivity index (χ0n) is 14.0. The van der Waals surface area contributed by atoms with Crippen molar-refractivity contribution in [3.8, 4) is 0 Å². The average molecular weight is 337 g/mol. The first kappa shape index (κ1) is 18.1. The molecule has 0 saturated carbocycles. The number of aliphatic hydroxyl groups excluding tert-OH is 1. The maximum atomic E-state index is 12.7. The first-order valence-corrected chi connectivity index (χ1v) is 9.81. The molecule has 1 amide bonds. The summed E-state index contributed by atoms with van der Waals surface area (Å²) in [4.78, 5) is 14.6. The fourth-order valence-corrected chi connectivity index (χ4v) is 4.22. The molecule has 0 radical (unpaired) electrons. The van der Waals surface area contributed by atoms with E-state index in [-0.39, 0.29) is 12.5 Å². The second-order valence-corrected chi connectivity index (χ2v) is 7.99. The minimum absolute atomic E-state index is 0.00558. The van der Waals surface area contributed by atoms with E-state index in [0.717, 1.165) is 36.9 Å². The molecule has 3 atom stereocenters. The first-order chi connectivity index (χ1) is 11.1. The summed E-state index contributed by atoms with van der Waals surface area (Å²) in [6.45, 7) is 4.69. The van der Waals surface area contributed by atoms with Crippen LogP contribution in [0.3, 0.4) is 0 Å². The molecule has 0 bridgehead atoms. The van der Waals surface area contributed by atoms with Crippen molar-refractivity contribution in [2.45, 2.75) is 63.2 Å². The van der Waals surface area contributed by atoms with Gasteiger partial charge in [-0.25, -0.2) is 0 Å². The Balaban J connectivity index is 1.98. The van der Waals surface area contributed by atoms with Gasteiger partial charge in [-0.15, -0.1) is 0 Å². The van der Waals surface area contributed by atoms with Crippen molar-refractivity contribution < 1.29 is 14.1 Å². The molecular weight excluding hydrogens is 310 g/mol. The molecule has 0 aromatic heterocycles. The number of aliphatic hydroxyl groups is 1. The lowest BCUT2D eigenvalue weighted by molar-refractivity contribution is -0.134. The van der Waals surface area contributed by atoms with Crippen molar-refractivity contribution in [2.75, 3.05) is 6.54 Å². The number of carbonyl (C=O) groups is 1. The zero-order valence-corrected chi connectivity index (χ0v) is 14.8. The predicted molar refractivity (Wildman–Crippen MR) is 93.3 cm³/mol. The van der Waals surface area contributed by atoms with Crippen LogP contribution in [0.1, 0.15) is 50.7 Å². The van der Waals surface area contributed by atoms with E-state index in [4.69, 9.17) is 5.11 Å². The molecule has 0 spiro atoms. The van der Waals surface area contributed by atoms with E-state index < -0.39 is 16.0 Å². The molecule has 5 heteroatoms. The highest BCUT2D eigenvalue weighted by Gasteiger charge is 2.31. The van der Waals surface area contributed by atoms with Crippen LogP contribution in [0.25, 0.3) is 0 Å². The zero-order chi connectivity index (χ0) is 16.8. The normalized spacial score (nSPS) is 21.0. The number of likely N-dealkylation sites (tertiary alicyclic amines) is 1. The van der Waals surface area contributed by atoms with Crippen LogP contribution in [0, 0.1) is 0 Å². The number of piperidine rings is 1. The van der Waals surface area contributed by atoms with Crippen molar-refractivity contribution in [3.63, 3.8) is 0 Å². The van der Waals surface area contributed by atoms with Crippen LogP contribution < -0.4 is 0 Å². The lowest BCUT2D eigenvalue weighted by atomic mass is 10.00. The average Bonchev–Trinajstić information content (AvgIpc) is 2.61. The van der Waals surface area contributed by atoms with Crippen molar-refractivity contribution >= 4 is 16.7 Å². The second-order valence-electron chi connectivity index (χ2n) is 6.23. The molecule has 1 heterocycles. The third-order valence-corrected chi connectivity index (χ3v) is 6.25. The van der Waals surface area contributed by atoms with E-state index >= 15 is 0 Å². The Hall–Kier alpha value is -1.20. The fraction of sp³-hybridized carbons (Fsp3) is 0.611. The Kier molecular flexibility index (Phi) is 6.78. The SMILES string of the molecule is CCC1CCCCN1C(=O)C(C)S(=O)Cc1ccc(CO)cc1. The number of nitrogens with zero attached hydrogens (tertiary/aromatic N) is 1. The molecule has 1 fully saturated rings. The van der Waals surface area contributed by atoms with Crippen molar-refractivity contribution in [1.82, 2.24) is 4.90 Å². The van der Waals surface area contributed by atoms with E-state index in [1.807, 2.05) is 29.2 Å². The second kappa shape index (κ2) is 8.60. The van der Waals surface area contributed by atoms with E-state index in [2.05, 4.69) is 6.92 Å². The molecule has 1 saturated heterocycles. The molecular formula is C18H27NO3S. The van der Waals surface area contributed by atoms with Crippen LogP contribution in [-0.4, -0.2) is 38.0 Å². The Morgan fingerprint density at radius 1 is 1.30 bits per heavy atom. The Morgan fingerprint density at radius 3 is 2.57 bits per heavy atom. The van der Waals surface area contributed by atoms with Gasteiger partial charge < -0.3 is 10.0 Å². The summed E-state index contributed by atoms with van der Waals surface area (Å²) in [7, 11) is -1.23. The minimum Gasteiger partial charge on any atom is -0.392 e. The standard InChI is InChI=1S/C18H27NO3S/c1-3-17-6-4-5-11-19(17)18(21)14(2)23(22)13-16-9-7-15(12-20)8-10-16/h7-10,14,17,20H,3-6,11-13H2,1-2H3. The first-order valence-electron chi connectivity index (χ1n) is 8.43. The van der Waals surface area contributed by atoms with Crippen LogP contribution in [-0.2, 0) is 28.0 Å². The number of hydrogen-bond acceptors (Lipinski definition) is 3. The quantitative estimate of drug-likeness (QED) is 0.868. The molecule has 1 N–H and O–H groups in total. The van der Waals surface area contributed by atoms with E-state index in [1.54, 1.807) is 6.92 Å². The molecule has 1 aromatic carbocycles. The van der Waals surface area contributed by atoms with Crippen molar-refractivity contribution in [2.24, 2.45) is 0 Å². The molecule has 1 aliphatic heterocycles. The summed E-state index contributed by atoms with van der Waals surface area (Å²) >= 11 is 0. The molecule has 128 valence electrons. The molecule has 23 heavy (non-hydrogen) atoms. The maximum absolute atomic E-state index is 12.7. The summed E-state index contributed by atoms with van der Waals surface area (Å²) in [6, 6.07) is 7.71. The highest BCUT2D eigenvalue weighted by atomic mass is 32.2. The third-order valence-electron chi connectivity index (χ3n) is 4.64. The largest absolute Gasteiger partial charge is 0.392 e. The molecule has 3 unspecified atom stereocenters. The van der Waals surface area contributed by atoms with Crippen molar-refractivity contribution in [3.05, 3.63) is 35.4 Å². The lowest BCUT2D eigenvalue weighted by Crippen LogP contribution is -2.48. The topological polar surface area (TPSA) is 57.6 Å². The lowest BCUT2D eigenvalue weighted by Gasteiger charge is -2.36. The van der Waals surface area contributed by atoms with Crippen LogP contribution in [0.2, 0.25) is 0 Å².